The van der Waals surface area contributed by atoms with Crippen molar-refractivity contribution in [3.63, 3.8) is 0 Å². The van der Waals surface area contributed by atoms with Crippen LogP contribution in [-0.4, -0.2) is 19.9 Å². The molecule has 0 bridgehead atoms. The third kappa shape index (κ3) is 26.0. The van der Waals surface area contributed by atoms with Crippen molar-refractivity contribution in [3.05, 3.63) is 409 Å². The van der Waals surface area contributed by atoms with E-state index in [4.69, 9.17) is 0 Å². The molecule has 0 aliphatic heterocycles. The molecule has 18 heteroatoms. The largest absolute Gasteiger partial charge is 3.00 e. The van der Waals surface area contributed by atoms with Crippen LogP contribution in [0, 0.1) is 62.4 Å². The normalized spacial score (nSPS) is 10.9. The van der Waals surface area contributed by atoms with E-state index in [1.807, 2.05) is 232 Å². The van der Waals surface area contributed by atoms with E-state index in [0.29, 0.717) is 22.5 Å². The number of aryl methyl sites for hydroxylation is 2. The second-order valence-corrected chi connectivity index (χ2v) is 29.5. The van der Waals surface area contributed by atoms with E-state index >= 15 is 0 Å². The molecule has 0 spiro atoms. The van der Waals surface area contributed by atoms with E-state index in [9.17, 15) is 26.3 Å². The van der Waals surface area contributed by atoms with Crippen LogP contribution in [-0.2, 0) is 85.3 Å². The van der Waals surface area contributed by atoms with Gasteiger partial charge in [-0.25, -0.2) is 0 Å². The average molecular weight is 1830 g/mol. The minimum absolute atomic E-state index is 0. The Morgan fingerprint density at radius 3 is 0.697 bits per heavy atom. The zero-order chi connectivity index (χ0) is 85.4. The molecule has 6 heterocycles. The quantitative estimate of drug-likeness (QED) is 0.0857. The standard InChI is InChI=1S/2C23H20F3N.2C17H11N.2C12H8N.2ClH.4Ni/c2*1-15-5-7-16(8-6-15)20-13-19(22(2,3)4)14-21(27-20)17-9-11-18(12-10-17)23(24,25)26;2*1-3-8-14(9-4-1)16-12-7-13-17(18-16)15-10-5-2-6-11-15;2*1-3-7-11-9(5-1)10-6-2-4-8-12(10)13-11;;;;;;/h2*5-7,9,11-14H,1-4H3;2*1-8,10,12-13H;2*1-8H;2*1H;;;;/q4*-2;2*-1;;;2*+1;2*+3/p-2. The molecular weight excluding hydrogens is 1750 g/mol. The fourth-order valence-corrected chi connectivity index (χ4v) is 12.5. The van der Waals surface area contributed by atoms with Gasteiger partial charge in [-0.2, -0.15) is 26.3 Å². The number of fused-ring (bicyclic) bond motifs is 6. The van der Waals surface area contributed by atoms with Crippen LogP contribution in [0.2, 0.25) is 0 Å². The van der Waals surface area contributed by atoms with Gasteiger partial charge in [0.05, 0.1) is 0 Å². The molecule has 624 valence electrons. The predicted octanol–water partition coefficient (Wildman–Crippen LogP) is 28.6. The second kappa shape index (κ2) is 44.7. The number of hydrogen-bond acceptors (Lipinski definition) is 4. The van der Waals surface area contributed by atoms with Gasteiger partial charge >= 0.3 is 94.9 Å². The smallest absolute Gasteiger partial charge is 0.657 e. The fourth-order valence-electron chi connectivity index (χ4n) is 12.5. The van der Waals surface area contributed by atoms with Gasteiger partial charge in [-0.05, 0) is 89.1 Å². The maximum Gasteiger partial charge on any atom is 3.00 e. The Hall–Kier alpha value is -11.0. The molecule has 0 amide bonds. The van der Waals surface area contributed by atoms with Crippen LogP contribution in [0.15, 0.2) is 328 Å². The monoisotopic (exact) mass is 1830 g/mol. The third-order valence-electron chi connectivity index (χ3n) is 18.8. The van der Waals surface area contributed by atoms with Gasteiger partial charge in [-0.3, -0.25) is 0 Å². The average Bonchev–Trinajstić information content (AvgIpc) is 1.70. The molecule has 0 fully saturated rings. The number of alkyl halides is 6. The van der Waals surface area contributed by atoms with Crippen LogP contribution < -0.4 is 9.97 Å². The van der Waals surface area contributed by atoms with Crippen LogP contribution in [0.1, 0.15) is 74.9 Å². The molecule has 0 unspecified atom stereocenters. The first kappa shape index (κ1) is 94.8. The fraction of sp³-hybridized carbons (Fsp3) is 0.115. The van der Waals surface area contributed by atoms with Crippen molar-refractivity contribution < 1.29 is 88.5 Å². The van der Waals surface area contributed by atoms with Crippen molar-refractivity contribution in [1.82, 2.24) is 29.9 Å². The van der Waals surface area contributed by atoms with Gasteiger partial charge in [0.1, 0.15) is 0 Å². The summed E-state index contributed by atoms with van der Waals surface area (Å²) in [5, 5.41) is 4.99. The van der Waals surface area contributed by atoms with Gasteiger partial charge in [0.2, 0.25) is 0 Å². The molecule has 0 aliphatic carbocycles. The van der Waals surface area contributed by atoms with E-state index in [1.54, 1.807) is 0 Å². The summed E-state index contributed by atoms with van der Waals surface area (Å²) in [6.07, 6.45) is -8.75. The number of pyridine rings is 4. The number of hydrogen-bond donors (Lipinski definition) is 0. The molecule has 0 aliphatic rings. The van der Waals surface area contributed by atoms with Crippen LogP contribution >= 0.6 is 20.4 Å². The first-order valence-electron chi connectivity index (χ1n) is 37.9. The van der Waals surface area contributed by atoms with Gasteiger partial charge in [0.25, 0.3) is 0 Å². The summed E-state index contributed by atoms with van der Waals surface area (Å²) in [6.45, 7) is 16.5. The molecule has 18 rings (SSSR count). The Morgan fingerprint density at radius 1 is 0.254 bits per heavy atom. The van der Waals surface area contributed by atoms with Crippen LogP contribution in [0.5, 0.6) is 0 Å². The number of para-hydroxylation sites is 4. The molecule has 2 radical (unpaired) electrons. The molecule has 12 aromatic carbocycles. The van der Waals surface area contributed by atoms with Gasteiger partial charge < -0.3 is 29.9 Å². The maximum atomic E-state index is 12.8. The van der Waals surface area contributed by atoms with Crippen LogP contribution in [0.25, 0.3) is 134 Å². The van der Waals surface area contributed by atoms with Gasteiger partial charge in [0, 0.05) is 0 Å². The maximum absolute atomic E-state index is 12.8. The van der Waals surface area contributed by atoms with Crippen molar-refractivity contribution in [2.24, 2.45) is 0 Å². The van der Waals surface area contributed by atoms with Crippen LogP contribution in [0.3, 0.4) is 0 Å². The summed E-state index contributed by atoms with van der Waals surface area (Å²) < 4.78 is 76.9. The van der Waals surface area contributed by atoms with Crippen molar-refractivity contribution in [3.8, 4) is 90.1 Å². The second-order valence-electron chi connectivity index (χ2n) is 29.5. The number of aromatic nitrogens is 6. The van der Waals surface area contributed by atoms with Crippen molar-refractivity contribution in [1.29, 1.82) is 0 Å². The number of rotatable bonds is 8. The summed E-state index contributed by atoms with van der Waals surface area (Å²) in [5.74, 6) is 0. The Kier molecular flexibility index (Phi) is 34.7. The summed E-state index contributed by atoms with van der Waals surface area (Å²) in [4.78, 5) is 27.7. The zero-order valence-electron chi connectivity index (χ0n) is 67.1. The van der Waals surface area contributed by atoms with Crippen molar-refractivity contribution in [2.45, 2.75) is 78.6 Å². The molecular formula is C104H78Cl2F6N6Ni4-4. The summed E-state index contributed by atoms with van der Waals surface area (Å²) in [5.41, 5.74) is 20.1. The minimum atomic E-state index is -4.38. The molecule has 122 heavy (non-hydrogen) atoms. The van der Waals surface area contributed by atoms with Gasteiger partial charge in [0.15, 0.2) is 0 Å². The number of benzene rings is 12. The molecule has 18 aromatic rings. The molecule has 0 saturated carbocycles. The van der Waals surface area contributed by atoms with E-state index in [1.165, 1.54) is 33.7 Å². The molecule has 0 N–H and O–H groups in total. The summed E-state index contributed by atoms with van der Waals surface area (Å²) in [6, 6.07) is 128. The summed E-state index contributed by atoms with van der Waals surface area (Å²) >= 11 is 6.69. The minimum Gasteiger partial charge on any atom is -0.657 e. The Bertz CT molecular complexity index is 5670. The Morgan fingerprint density at radius 2 is 0.484 bits per heavy atom. The topological polar surface area (TPSA) is 79.8 Å². The predicted molar refractivity (Wildman–Crippen MR) is 469 cm³/mol. The first-order valence-corrected chi connectivity index (χ1v) is 40.6. The molecule has 0 saturated heterocycles. The first-order chi connectivity index (χ1) is 57.8. The van der Waals surface area contributed by atoms with Gasteiger partial charge in [-0.1, -0.05) is 224 Å². The molecule has 0 atom stereocenters. The van der Waals surface area contributed by atoms with E-state index in [-0.39, 0.29) is 43.8 Å². The van der Waals surface area contributed by atoms with Crippen molar-refractivity contribution in [2.75, 3.05) is 0 Å². The Balaban J connectivity index is 0.000000167. The Labute approximate surface area is 754 Å². The SMILES string of the molecule is Cc1c[c-]c(-c2cc(C(C)(C)C)cc(-c3[c-]cc(C(F)(F)F)cc3)n2)cc1.Cc1c[c-]c(-c2cc(C(C)(C)C)cc(-c3[c-]cc(C(F)(F)F)cc3)n2)cc1.[Cl][Ni].[Cl][Ni].[Ni+3].[Ni+3].[c-]1ccccc1-c1cccc(-c2[c-]cccc2)n1.[c-]1ccccc1-c1cccc(-c2[c-]cccc2)n1.c1ccc2c(c1)[n-]c1ccccc12.c1ccc2c(c1)[n-]c1ccccc12. The third-order valence-corrected chi connectivity index (χ3v) is 18.8. The van der Waals surface area contributed by atoms with E-state index < -0.39 is 23.5 Å². The number of halogens is 8. The zero-order valence-corrected chi connectivity index (χ0v) is 72.6. The van der Waals surface area contributed by atoms with E-state index in [0.717, 1.165) is 136 Å². The molecule has 6 nitrogen and oxygen atoms in total. The van der Waals surface area contributed by atoms with Crippen LogP contribution in [0.4, 0.5) is 26.3 Å². The number of nitrogens with zero attached hydrogens (tertiary/aromatic N) is 6. The molecule has 6 aromatic heterocycles. The summed E-state index contributed by atoms with van der Waals surface area (Å²) in [7, 11) is 8.53. The van der Waals surface area contributed by atoms with Crippen molar-refractivity contribution >= 4 is 64.0 Å². The van der Waals surface area contributed by atoms with E-state index in [2.05, 4.69) is 242 Å². The van der Waals surface area contributed by atoms with Gasteiger partial charge in [-0.15, -0.1) is 296 Å².